The summed E-state index contributed by atoms with van der Waals surface area (Å²) in [4.78, 5) is 0.474. The molecule has 0 saturated carbocycles. The van der Waals surface area contributed by atoms with Crippen molar-refractivity contribution in [3.8, 4) is 0 Å². The Bertz CT molecular complexity index is 1670. The molecule has 0 N–H and O–H groups in total. The van der Waals surface area contributed by atoms with E-state index in [0.717, 1.165) is 77.2 Å². The van der Waals surface area contributed by atoms with Crippen LogP contribution < -0.4 is 10.4 Å². The maximum Gasteiger partial charge on any atom is 0.261 e. The van der Waals surface area contributed by atoms with Gasteiger partial charge in [-0.15, -0.1) is 0 Å². The highest BCUT2D eigenvalue weighted by atomic mass is 32.2. The van der Waals surface area contributed by atoms with E-state index < -0.39 is 18.2 Å². The van der Waals surface area contributed by atoms with Gasteiger partial charge in [-0.2, -0.15) is 0 Å². The third kappa shape index (κ3) is 18.9. The van der Waals surface area contributed by atoms with Gasteiger partial charge in [0.05, 0.1) is 10.1 Å². The van der Waals surface area contributed by atoms with E-state index in [1.54, 1.807) is 12.1 Å². The molecule has 3 nitrogen and oxygen atoms in total. The van der Waals surface area contributed by atoms with E-state index in [9.17, 15) is 8.42 Å². The number of rotatable bonds is 32. The molecule has 324 valence electrons. The Hall–Kier alpha value is -3.25. The zero-order valence-corrected chi connectivity index (χ0v) is 39.4. The zero-order valence-electron chi connectivity index (χ0n) is 37.5. The predicted octanol–water partition coefficient (Wildman–Crippen LogP) is 14.8. The first-order chi connectivity index (χ1) is 28.7. The summed E-state index contributed by atoms with van der Waals surface area (Å²) in [6, 6.07) is 31.0. The molecule has 3 aromatic carbocycles. The van der Waals surface area contributed by atoms with Crippen LogP contribution in [0.2, 0.25) is 5.04 Å². The highest BCUT2D eigenvalue weighted by Crippen LogP contribution is 2.37. The summed E-state index contributed by atoms with van der Waals surface area (Å²) in [7, 11) is -5.78. The summed E-state index contributed by atoms with van der Waals surface area (Å²) in [5.74, 6) is 0. The minimum atomic E-state index is -3.33. The molecule has 0 aliphatic rings. The Balaban J connectivity index is 1.31. The molecule has 5 heteroatoms. The van der Waals surface area contributed by atoms with E-state index in [0.29, 0.717) is 4.90 Å². The molecular weight excluding hydrogens is 757 g/mol. The van der Waals surface area contributed by atoms with Crippen LogP contribution in [0.3, 0.4) is 0 Å². The molecule has 3 rings (SSSR count). The van der Waals surface area contributed by atoms with Crippen molar-refractivity contribution in [1.29, 1.82) is 0 Å². The van der Waals surface area contributed by atoms with Crippen LogP contribution in [0.5, 0.6) is 0 Å². The molecule has 1 atom stereocenters. The fraction of sp³-hybridized carbons (Fsp3) is 0.519. The molecule has 3 aromatic rings. The first kappa shape index (κ1) is 50.1. The standard InChI is InChI=1S/C54H80O3SSi/c1-5-6-7-8-9-10-11-12-13-14-15-16-17-18-20-23-26-32-41-50(58(55,56)51-43-34-29-35-44-51)42-33-27-24-21-19-22-25-28-40-49-57-59(54(2,3)4,52-45-36-30-37-46-52)53-47-38-31-39-48-53/h9-10,12-13,15-16,18,20,29-31,34-39,43-48,50H,5-8,11,14,17,19,21-28,32-33,40-42,49H2,1-4H3. The average molecular weight is 837 g/mol. The Morgan fingerprint density at radius 3 is 1.36 bits per heavy atom. The summed E-state index contributed by atoms with van der Waals surface area (Å²) < 4.78 is 34.4. The largest absolute Gasteiger partial charge is 0.407 e. The molecule has 0 radical (unpaired) electrons. The minimum absolute atomic E-state index is 0.0137. The molecule has 0 saturated heterocycles. The summed E-state index contributed by atoms with van der Waals surface area (Å²) in [6.45, 7) is 10.1. The van der Waals surface area contributed by atoms with Crippen molar-refractivity contribution in [2.75, 3.05) is 6.61 Å². The molecule has 0 heterocycles. The molecule has 0 bridgehead atoms. The lowest BCUT2D eigenvalue weighted by Gasteiger charge is -2.43. The number of allylic oxidation sites excluding steroid dienone is 8. The number of unbranched alkanes of at least 4 members (excludes halogenated alkanes) is 13. The lowest BCUT2D eigenvalue weighted by Crippen LogP contribution is -2.66. The topological polar surface area (TPSA) is 43.4 Å². The maximum absolute atomic E-state index is 13.7. The summed E-state index contributed by atoms with van der Waals surface area (Å²) in [5, 5.41) is 2.41. The van der Waals surface area contributed by atoms with Gasteiger partial charge in [0, 0.05) is 6.61 Å². The third-order valence-electron chi connectivity index (χ3n) is 11.5. The fourth-order valence-corrected chi connectivity index (χ4v) is 14.6. The molecule has 59 heavy (non-hydrogen) atoms. The summed E-state index contributed by atoms with van der Waals surface area (Å²) >= 11 is 0. The van der Waals surface area contributed by atoms with Gasteiger partial charge in [0.25, 0.3) is 8.32 Å². The van der Waals surface area contributed by atoms with Crippen LogP contribution in [-0.4, -0.2) is 28.6 Å². The second kappa shape index (κ2) is 29.9. The highest BCUT2D eigenvalue weighted by Gasteiger charge is 2.49. The molecule has 0 fully saturated rings. The van der Waals surface area contributed by atoms with Crippen molar-refractivity contribution < 1.29 is 12.8 Å². The maximum atomic E-state index is 13.7. The Morgan fingerprint density at radius 2 is 0.898 bits per heavy atom. The van der Waals surface area contributed by atoms with Crippen molar-refractivity contribution in [3.63, 3.8) is 0 Å². The Kier molecular flexibility index (Phi) is 25.4. The van der Waals surface area contributed by atoms with E-state index in [2.05, 4.69) is 137 Å². The normalized spacial score (nSPS) is 13.4. The molecule has 0 aliphatic carbocycles. The van der Waals surface area contributed by atoms with Crippen molar-refractivity contribution in [1.82, 2.24) is 0 Å². The summed E-state index contributed by atoms with van der Waals surface area (Å²) in [5.41, 5.74) is 0. The molecule has 0 spiro atoms. The van der Waals surface area contributed by atoms with Gasteiger partial charge in [0.1, 0.15) is 0 Å². The van der Waals surface area contributed by atoms with Crippen LogP contribution in [0.4, 0.5) is 0 Å². The van der Waals surface area contributed by atoms with Crippen LogP contribution >= 0.6 is 0 Å². The number of hydrogen-bond donors (Lipinski definition) is 0. The van der Waals surface area contributed by atoms with E-state index in [-0.39, 0.29) is 10.3 Å². The van der Waals surface area contributed by atoms with Crippen LogP contribution in [-0.2, 0) is 14.3 Å². The van der Waals surface area contributed by atoms with Gasteiger partial charge in [-0.1, -0.05) is 226 Å². The van der Waals surface area contributed by atoms with Gasteiger partial charge in [0.2, 0.25) is 0 Å². The van der Waals surface area contributed by atoms with Gasteiger partial charge in [-0.05, 0) is 91.8 Å². The van der Waals surface area contributed by atoms with E-state index in [1.165, 1.54) is 74.6 Å². The Labute approximate surface area is 363 Å². The van der Waals surface area contributed by atoms with Crippen molar-refractivity contribution in [2.45, 2.75) is 178 Å². The molecule has 0 amide bonds. The van der Waals surface area contributed by atoms with Crippen LogP contribution in [0, 0.1) is 0 Å². The Morgan fingerprint density at radius 1 is 0.508 bits per heavy atom. The zero-order chi connectivity index (χ0) is 42.3. The second-order valence-corrected chi connectivity index (χ2v) is 23.9. The number of sulfone groups is 1. The lowest BCUT2D eigenvalue weighted by atomic mass is 10.0. The average Bonchev–Trinajstić information content (AvgIpc) is 3.24. The van der Waals surface area contributed by atoms with Crippen LogP contribution in [0.25, 0.3) is 0 Å². The highest BCUT2D eigenvalue weighted by molar-refractivity contribution is 7.92. The van der Waals surface area contributed by atoms with Gasteiger partial charge in [-0.3, -0.25) is 0 Å². The van der Waals surface area contributed by atoms with Gasteiger partial charge >= 0.3 is 0 Å². The van der Waals surface area contributed by atoms with E-state index >= 15 is 0 Å². The summed E-state index contributed by atoms with van der Waals surface area (Å²) in [6.07, 6.45) is 41.1. The predicted molar refractivity (Wildman–Crippen MR) is 260 cm³/mol. The fourth-order valence-electron chi connectivity index (χ4n) is 8.15. The molecule has 1 unspecified atom stereocenters. The SMILES string of the molecule is CCCCCC=CCC=CCC=CCC=CCCCCC(CCCCCCCCCCCO[Si](c1ccccc1)(c1ccccc1)C(C)(C)C)S(=O)(=O)c1ccccc1. The van der Waals surface area contributed by atoms with Crippen molar-refractivity contribution in [2.24, 2.45) is 0 Å². The lowest BCUT2D eigenvalue weighted by molar-refractivity contribution is 0.286. The smallest absolute Gasteiger partial charge is 0.261 e. The third-order valence-corrected chi connectivity index (χ3v) is 18.8. The minimum Gasteiger partial charge on any atom is -0.407 e. The first-order valence-electron chi connectivity index (χ1n) is 23.4. The van der Waals surface area contributed by atoms with Gasteiger partial charge in [-0.25, -0.2) is 8.42 Å². The molecule has 0 aliphatic heterocycles. The van der Waals surface area contributed by atoms with Crippen molar-refractivity contribution in [3.05, 3.63) is 140 Å². The van der Waals surface area contributed by atoms with E-state index in [4.69, 9.17) is 4.43 Å². The first-order valence-corrected chi connectivity index (χ1v) is 26.8. The number of benzene rings is 3. The quantitative estimate of drug-likeness (QED) is 0.0357. The van der Waals surface area contributed by atoms with Crippen molar-refractivity contribution >= 4 is 28.5 Å². The molecule has 0 aromatic heterocycles. The van der Waals surface area contributed by atoms with E-state index in [1.807, 2.05) is 18.2 Å². The number of hydrogen-bond acceptors (Lipinski definition) is 3. The van der Waals surface area contributed by atoms with Crippen LogP contribution in [0.1, 0.15) is 163 Å². The van der Waals surface area contributed by atoms with Gasteiger partial charge < -0.3 is 4.43 Å². The second-order valence-electron chi connectivity index (χ2n) is 17.3. The molecular formula is C54H80O3SSi. The van der Waals surface area contributed by atoms with Gasteiger partial charge in [0.15, 0.2) is 9.84 Å². The monoisotopic (exact) mass is 837 g/mol. The van der Waals surface area contributed by atoms with Crippen LogP contribution in [0.15, 0.2) is 144 Å².